The third kappa shape index (κ3) is 3.91. The second-order valence-electron chi connectivity index (χ2n) is 9.44. The van der Waals surface area contributed by atoms with Gasteiger partial charge in [0.1, 0.15) is 11.5 Å². The van der Waals surface area contributed by atoms with Gasteiger partial charge in [0.05, 0.1) is 0 Å². The summed E-state index contributed by atoms with van der Waals surface area (Å²) in [5.41, 5.74) is 4.07. The van der Waals surface area contributed by atoms with Crippen LogP contribution in [-0.2, 0) is 0 Å². The molecular formula is C33H24BNO2. The Morgan fingerprint density at radius 2 is 1.22 bits per heavy atom. The molecule has 0 amide bonds. The highest BCUT2D eigenvalue weighted by Gasteiger charge is 2.34. The van der Waals surface area contributed by atoms with Crippen molar-refractivity contribution in [2.45, 2.75) is 0 Å². The van der Waals surface area contributed by atoms with Gasteiger partial charge in [-0.15, -0.1) is 0 Å². The molecule has 0 aromatic heterocycles. The van der Waals surface area contributed by atoms with E-state index in [0.717, 1.165) is 51.0 Å². The number of nitrogens with zero attached hydrogens (tertiary/aromatic N) is 1. The highest BCUT2D eigenvalue weighted by molar-refractivity contribution is 6.64. The minimum atomic E-state index is -0.615. The summed E-state index contributed by atoms with van der Waals surface area (Å²) < 4.78 is 13.4. The molecular weight excluding hydrogens is 453 g/mol. The Kier molecular flexibility index (Phi) is 5.36. The highest BCUT2D eigenvalue weighted by atomic mass is 16.6. The Morgan fingerprint density at radius 1 is 0.649 bits per heavy atom. The Bertz CT molecular complexity index is 1640. The van der Waals surface area contributed by atoms with Crippen molar-refractivity contribution < 1.29 is 9.31 Å². The Morgan fingerprint density at radius 3 is 1.86 bits per heavy atom. The largest absolute Gasteiger partial charge is 0.633 e. The number of aliphatic imine (C=N–C) groups is 1. The lowest BCUT2D eigenvalue weighted by atomic mass is 9.75. The zero-order valence-corrected chi connectivity index (χ0v) is 20.2. The normalized spacial score (nSPS) is 14.5. The minimum absolute atomic E-state index is 0.356. The fraction of sp³-hybridized carbons (Fsp3) is 0.0606. The van der Waals surface area contributed by atoms with Crippen LogP contribution < -0.4 is 14.8 Å². The van der Waals surface area contributed by atoms with Crippen LogP contribution in [-0.4, -0.2) is 19.9 Å². The molecule has 4 heteroatoms. The second kappa shape index (κ2) is 9.14. The molecule has 0 radical (unpaired) electrons. The number of hydrogen-bond acceptors (Lipinski definition) is 3. The van der Waals surface area contributed by atoms with Crippen LogP contribution in [0.1, 0.15) is 5.56 Å². The van der Waals surface area contributed by atoms with Gasteiger partial charge < -0.3 is 9.31 Å². The van der Waals surface area contributed by atoms with Crippen LogP contribution in [0.4, 0.5) is 0 Å². The first kappa shape index (κ1) is 21.7. The number of fused-ring (bicyclic) bond motifs is 7. The lowest BCUT2D eigenvalue weighted by Crippen LogP contribution is -2.44. The van der Waals surface area contributed by atoms with Crippen LogP contribution in [0.2, 0.25) is 0 Å². The molecule has 5 aromatic rings. The van der Waals surface area contributed by atoms with E-state index in [1.165, 1.54) is 10.8 Å². The van der Waals surface area contributed by atoms with E-state index < -0.39 is 7.12 Å². The average Bonchev–Trinajstić information content (AvgIpc) is 3.40. The summed E-state index contributed by atoms with van der Waals surface area (Å²) >= 11 is 0. The summed E-state index contributed by atoms with van der Waals surface area (Å²) in [5.74, 6) is 1.98. The second-order valence-corrected chi connectivity index (χ2v) is 9.44. The van der Waals surface area contributed by atoms with E-state index in [1.807, 2.05) is 18.3 Å². The third-order valence-corrected chi connectivity index (χ3v) is 7.12. The topological polar surface area (TPSA) is 30.8 Å². The summed E-state index contributed by atoms with van der Waals surface area (Å²) in [7, 11) is -0.615. The van der Waals surface area contributed by atoms with Gasteiger partial charge in [-0.3, -0.25) is 4.99 Å². The smallest absolute Gasteiger partial charge is 0.521 e. The molecule has 0 spiro atoms. The van der Waals surface area contributed by atoms with Crippen molar-refractivity contribution in [1.29, 1.82) is 0 Å². The summed E-state index contributed by atoms with van der Waals surface area (Å²) in [6.45, 7) is 0.720. The van der Waals surface area contributed by atoms with Crippen LogP contribution in [0.3, 0.4) is 0 Å². The number of allylic oxidation sites excluding steroid dienone is 2. The monoisotopic (exact) mass is 477 g/mol. The van der Waals surface area contributed by atoms with Crippen molar-refractivity contribution >= 4 is 40.3 Å². The van der Waals surface area contributed by atoms with E-state index in [0.29, 0.717) is 5.92 Å². The van der Waals surface area contributed by atoms with Crippen molar-refractivity contribution in [1.82, 2.24) is 0 Å². The first-order valence-corrected chi connectivity index (χ1v) is 12.7. The van der Waals surface area contributed by atoms with E-state index in [4.69, 9.17) is 14.3 Å². The number of hydrogen-bond donors (Lipinski definition) is 0. The lowest BCUT2D eigenvalue weighted by molar-refractivity contribution is 0.448. The molecule has 0 unspecified atom stereocenters. The SMILES string of the molecule is C1=CC(CN=Cc2ccccc2B2Oc3ccc4ccccc4c3-c3c(ccc4ccccc34)O2)C=C1. The van der Waals surface area contributed by atoms with Gasteiger partial charge in [-0.1, -0.05) is 109 Å². The molecule has 1 aliphatic heterocycles. The molecule has 37 heavy (non-hydrogen) atoms. The molecule has 0 N–H and O–H groups in total. The van der Waals surface area contributed by atoms with Crippen LogP contribution in [0, 0.1) is 5.92 Å². The molecule has 1 aliphatic carbocycles. The first-order chi connectivity index (χ1) is 18.3. The molecule has 0 fully saturated rings. The Labute approximate surface area is 216 Å². The van der Waals surface area contributed by atoms with Gasteiger partial charge in [0.2, 0.25) is 0 Å². The molecule has 5 aromatic carbocycles. The zero-order chi connectivity index (χ0) is 24.6. The molecule has 3 nitrogen and oxygen atoms in total. The van der Waals surface area contributed by atoms with Gasteiger partial charge in [-0.05, 0) is 39.2 Å². The fourth-order valence-electron chi connectivity index (χ4n) is 5.31. The molecule has 0 bridgehead atoms. The van der Waals surface area contributed by atoms with Crippen LogP contribution in [0.25, 0.3) is 32.7 Å². The quantitative estimate of drug-likeness (QED) is 0.206. The first-order valence-electron chi connectivity index (χ1n) is 12.7. The average molecular weight is 477 g/mol. The summed E-state index contributed by atoms with van der Waals surface area (Å²) in [6, 6.07) is 33.5. The Balaban J connectivity index is 1.38. The molecule has 0 saturated carbocycles. The van der Waals surface area contributed by atoms with Gasteiger partial charge in [0, 0.05) is 35.3 Å². The molecule has 176 valence electrons. The molecule has 2 aliphatic rings. The van der Waals surface area contributed by atoms with E-state index in [2.05, 4.69) is 109 Å². The standard InChI is InChI=1S/C33H24BNO2/c1-2-10-23(9-1)21-35-22-26-13-5-8-16-29(26)34-36-30-19-17-24-11-3-6-14-27(24)32(30)33-28-15-7-4-12-25(28)18-20-31(33)37-34/h1-20,22-23H,21H2. The van der Waals surface area contributed by atoms with Crippen molar-refractivity contribution in [2.75, 3.05) is 6.54 Å². The van der Waals surface area contributed by atoms with Crippen LogP contribution in [0.15, 0.2) is 126 Å². The highest BCUT2D eigenvalue weighted by Crippen LogP contribution is 2.47. The van der Waals surface area contributed by atoms with E-state index >= 15 is 0 Å². The fourth-order valence-corrected chi connectivity index (χ4v) is 5.31. The summed E-state index contributed by atoms with van der Waals surface area (Å²) in [5, 5.41) is 4.64. The van der Waals surface area contributed by atoms with E-state index in [-0.39, 0.29) is 0 Å². The van der Waals surface area contributed by atoms with Gasteiger partial charge in [0.15, 0.2) is 0 Å². The van der Waals surface area contributed by atoms with Gasteiger partial charge in [-0.2, -0.15) is 0 Å². The predicted molar refractivity (Wildman–Crippen MR) is 154 cm³/mol. The van der Waals surface area contributed by atoms with Crippen LogP contribution in [0.5, 0.6) is 11.5 Å². The van der Waals surface area contributed by atoms with Gasteiger partial charge >= 0.3 is 7.12 Å². The number of rotatable bonds is 4. The van der Waals surface area contributed by atoms with Crippen molar-refractivity contribution in [3.05, 3.63) is 127 Å². The maximum absolute atomic E-state index is 6.70. The zero-order valence-electron chi connectivity index (χ0n) is 20.2. The molecule has 0 atom stereocenters. The third-order valence-electron chi connectivity index (χ3n) is 7.12. The minimum Gasteiger partial charge on any atom is -0.521 e. The lowest BCUT2D eigenvalue weighted by Gasteiger charge is -2.16. The maximum Gasteiger partial charge on any atom is 0.633 e. The van der Waals surface area contributed by atoms with Gasteiger partial charge in [-0.25, -0.2) is 0 Å². The van der Waals surface area contributed by atoms with E-state index in [9.17, 15) is 0 Å². The van der Waals surface area contributed by atoms with E-state index in [1.54, 1.807) is 0 Å². The molecule has 0 saturated heterocycles. The van der Waals surface area contributed by atoms with Crippen molar-refractivity contribution in [3.8, 4) is 22.6 Å². The Hall–Kier alpha value is -4.57. The van der Waals surface area contributed by atoms with Crippen molar-refractivity contribution in [3.63, 3.8) is 0 Å². The van der Waals surface area contributed by atoms with Gasteiger partial charge in [0.25, 0.3) is 0 Å². The number of benzene rings is 5. The summed E-state index contributed by atoms with van der Waals surface area (Å²) in [4.78, 5) is 4.73. The van der Waals surface area contributed by atoms with Crippen LogP contribution >= 0.6 is 0 Å². The predicted octanol–water partition coefficient (Wildman–Crippen LogP) is 6.99. The van der Waals surface area contributed by atoms with Crippen molar-refractivity contribution in [2.24, 2.45) is 10.9 Å². The molecule has 7 rings (SSSR count). The molecule has 1 heterocycles. The maximum atomic E-state index is 6.70. The summed E-state index contributed by atoms with van der Waals surface area (Å²) in [6.07, 6.45) is 10.4.